The van der Waals surface area contributed by atoms with Gasteiger partial charge < -0.3 is 20.3 Å². The molecule has 2 atom stereocenters. The number of hydrogen-bond donors (Lipinski definition) is 3. The molecule has 0 saturated carbocycles. The zero-order valence-electron chi connectivity index (χ0n) is 54.1. The standard InChI is InChI=1S/C74H141NO5/c1-3-5-7-9-11-13-15-17-19-20-21-33-36-39-42-46-50-54-58-62-66-72(77)71(70-76)75-73(78)67-63-59-55-51-47-43-40-37-34-31-29-27-25-23-22-24-26-28-30-32-35-38-41-45-49-53-57-61-65-69-80-74(79)68-64-60-56-52-48-44-18-16-14-12-10-8-6-4-2/h10,12,16,18,22,24,71-72,76-77H,3-9,11,13-15,17,19-21,23,25-70H2,1-2H3,(H,75,78)/b12-10-,18-16-,24-22-. The third-order valence-electron chi connectivity index (χ3n) is 16.9. The molecule has 80 heavy (non-hydrogen) atoms. The minimum atomic E-state index is -0.665. The van der Waals surface area contributed by atoms with E-state index in [0.717, 1.165) is 51.4 Å². The maximum absolute atomic E-state index is 12.5. The van der Waals surface area contributed by atoms with Crippen LogP contribution in [0.3, 0.4) is 0 Å². The SMILES string of the molecule is CCCC/C=C\C/C=C\CCCCCCCC(=O)OCCCCCCCCCCCCCC/C=C\CCCCCCCCCCCCCCCC(=O)NC(CO)C(O)CCCCCCCCCCCCCCCCCCCCCC. The van der Waals surface area contributed by atoms with Gasteiger partial charge in [0.2, 0.25) is 5.91 Å². The number of amides is 1. The monoisotopic (exact) mass is 1120 g/mol. The van der Waals surface area contributed by atoms with Gasteiger partial charge in [0.25, 0.3) is 0 Å². The molecule has 0 saturated heterocycles. The first-order chi connectivity index (χ1) is 39.5. The minimum absolute atomic E-state index is 0.00229. The molecule has 0 aromatic carbocycles. The smallest absolute Gasteiger partial charge is 0.305 e. The van der Waals surface area contributed by atoms with Crippen molar-refractivity contribution in [1.82, 2.24) is 5.32 Å². The van der Waals surface area contributed by atoms with E-state index < -0.39 is 12.1 Å². The Morgan fingerprint density at radius 1 is 0.350 bits per heavy atom. The summed E-state index contributed by atoms with van der Waals surface area (Å²) in [6, 6.07) is -0.542. The summed E-state index contributed by atoms with van der Waals surface area (Å²) in [5, 5.41) is 23.4. The van der Waals surface area contributed by atoms with Crippen LogP contribution in [0.1, 0.15) is 399 Å². The molecule has 6 heteroatoms. The Labute approximate surface area is 500 Å². The van der Waals surface area contributed by atoms with Gasteiger partial charge in [-0.15, -0.1) is 0 Å². The Bertz CT molecular complexity index is 1300. The fourth-order valence-corrected chi connectivity index (χ4v) is 11.4. The summed E-state index contributed by atoms with van der Waals surface area (Å²) >= 11 is 0. The molecular weight excluding hydrogens is 983 g/mol. The molecule has 0 rings (SSSR count). The average Bonchev–Trinajstić information content (AvgIpc) is 3.46. The number of carbonyl (C=O) groups excluding carboxylic acids is 2. The van der Waals surface area contributed by atoms with Gasteiger partial charge in [0, 0.05) is 12.8 Å². The van der Waals surface area contributed by atoms with E-state index in [9.17, 15) is 19.8 Å². The Balaban J connectivity index is 3.38. The second kappa shape index (κ2) is 69.6. The van der Waals surface area contributed by atoms with E-state index in [1.807, 2.05) is 0 Å². The van der Waals surface area contributed by atoms with E-state index in [2.05, 4.69) is 55.6 Å². The molecule has 0 spiro atoms. The van der Waals surface area contributed by atoms with Crippen LogP contribution in [0, 0.1) is 0 Å². The summed E-state index contributed by atoms with van der Waals surface area (Å²) in [7, 11) is 0. The van der Waals surface area contributed by atoms with Crippen LogP contribution in [0.2, 0.25) is 0 Å². The van der Waals surface area contributed by atoms with Gasteiger partial charge in [0.1, 0.15) is 0 Å². The summed E-state index contributed by atoms with van der Waals surface area (Å²) in [5.41, 5.74) is 0. The Kier molecular flexibility index (Phi) is 67.9. The minimum Gasteiger partial charge on any atom is -0.466 e. The number of esters is 1. The zero-order valence-corrected chi connectivity index (χ0v) is 54.1. The largest absolute Gasteiger partial charge is 0.466 e. The van der Waals surface area contributed by atoms with Crippen molar-refractivity contribution < 1.29 is 24.5 Å². The lowest BCUT2D eigenvalue weighted by Crippen LogP contribution is -2.45. The Morgan fingerprint density at radius 3 is 1.00 bits per heavy atom. The summed E-state index contributed by atoms with van der Waals surface area (Å²) in [6.45, 7) is 4.94. The average molecular weight is 1120 g/mol. The molecule has 0 aliphatic carbocycles. The Morgan fingerprint density at radius 2 is 0.637 bits per heavy atom. The molecule has 0 aliphatic heterocycles. The predicted molar refractivity (Wildman–Crippen MR) is 352 cm³/mol. The van der Waals surface area contributed by atoms with Gasteiger partial charge >= 0.3 is 5.97 Å². The molecule has 0 aromatic heterocycles. The van der Waals surface area contributed by atoms with Crippen LogP contribution in [0.25, 0.3) is 0 Å². The first-order valence-electron chi connectivity index (χ1n) is 36.2. The number of rotatable bonds is 68. The van der Waals surface area contributed by atoms with E-state index in [-0.39, 0.29) is 18.5 Å². The summed E-state index contributed by atoms with van der Waals surface area (Å²) < 4.78 is 5.48. The number of ether oxygens (including phenoxy) is 1. The topological polar surface area (TPSA) is 95.9 Å². The maximum atomic E-state index is 12.5. The molecule has 0 fully saturated rings. The lowest BCUT2D eigenvalue weighted by atomic mass is 10.0. The lowest BCUT2D eigenvalue weighted by Gasteiger charge is -2.22. The number of allylic oxidation sites excluding steroid dienone is 6. The first-order valence-corrected chi connectivity index (χ1v) is 36.2. The third-order valence-corrected chi connectivity index (χ3v) is 16.9. The molecule has 3 N–H and O–H groups in total. The molecule has 2 unspecified atom stereocenters. The van der Waals surface area contributed by atoms with Crippen LogP contribution in [0.15, 0.2) is 36.5 Å². The third kappa shape index (κ3) is 65.2. The highest BCUT2D eigenvalue weighted by Gasteiger charge is 2.20. The van der Waals surface area contributed by atoms with Crippen LogP contribution in [0.5, 0.6) is 0 Å². The zero-order chi connectivity index (χ0) is 57.8. The van der Waals surface area contributed by atoms with Gasteiger partial charge in [0.15, 0.2) is 0 Å². The van der Waals surface area contributed by atoms with Crippen molar-refractivity contribution in [3.63, 3.8) is 0 Å². The van der Waals surface area contributed by atoms with Gasteiger partial charge in [-0.1, -0.05) is 346 Å². The van der Waals surface area contributed by atoms with Gasteiger partial charge in [-0.25, -0.2) is 0 Å². The summed E-state index contributed by atoms with van der Waals surface area (Å²) in [6.07, 6.45) is 89.1. The van der Waals surface area contributed by atoms with Crippen LogP contribution < -0.4 is 5.32 Å². The fraction of sp³-hybridized carbons (Fsp3) is 0.892. The van der Waals surface area contributed by atoms with Crippen molar-refractivity contribution in [3.05, 3.63) is 36.5 Å². The van der Waals surface area contributed by atoms with Gasteiger partial charge in [-0.2, -0.15) is 0 Å². The molecule has 0 bridgehead atoms. The van der Waals surface area contributed by atoms with Gasteiger partial charge in [0.05, 0.1) is 25.4 Å². The van der Waals surface area contributed by atoms with Crippen molar-refractivity contribution in [3.8, 4) is 0 Å². The van der Waals surface area contributed by atoms with Crippen molar-refractivity contribution in [1.29, 1.82) is 0 Å². The summed E-state index contributed by atoms with van der Waals surface area (Å²) in [4.78, 5) is 24.6. The first kappa shape index (κ1) is 78.1. The summed E-state index contributed by atoms with van der Waals surface area (Å²) in [5.74, 6) is -0.0279. The van der Waals surface area contributed by atoms with Crippen molar-refractivity contribution in [2.24, 2.45) is 0 Å². The molecule has 0 aliphatic rings. The highest BCUT2D eigenvalue weighted by molar-refractivity contribution is 5.76. The second-order valence-electron chi connectivity index (χ2n) is 24.9. The van der Waals surface area contributed by atoms with Crippen LogP contribution >= 0.6 is 0 Å². The number of aliphatic hydroxyl groups is 2. The van der Waals surface area contributed by atoms with Crippen LogP contribution in [0.4, 0.5) is 0 Å². The number of aliphatic hydroxyl groups excluding tert-OH is 2. The predicted octanol–water partition coefficient (Wildman–Crippen LogP) is 23.5. The number of hydrogen-bond acceptors (Lipinski definition) is 5. The fourth-order valence-electron chi connectivity index (χ4n) is 11.4. The Hall–Kier alpha value is -1.92. The van der Waals surface area contributed by atoms with E-state index in [1.165, 1.54) is 315 Å². The number of nitrogens with one attached hydrogen (secondary N) is 1. The van der Waals surface area contributed by atoms with E-state index in [1.54, 1.807) is 0 Å². The lowest BCUT2D eigenvalue weighted by molar-refractivity contribution is -0.143. The van der Waals surface area contributed by atoms with Crippen molar-refractivity contribution >= 4 is 11.9 Å². The highest BCUT2D eigenvalue weighted by Crippen LogP contribution is 2.19. The molecular formula is C74H141NO5. The maximum Gasteiger partial charge on any atom is 0.305 e. The van der Waals surface area contributed by atoms with Crippen LogP contribution in [-0.4, -0.2) is 47.4 Å². The molecule has 6 nitrogen and oxygen atoms in total. The molecule has 1 amide bonds. The number of unbranched alkanes of at least 4 members (excludes halogenated alkanes) is 51. The van der Waals surface area contributed by atoms with Crippen molar-refractivity contribution in [2.45, 2.75) is 411 Å². The molecule has 0 aromatic rings. The van der Waals surface area contributed by atoms with Gasteiger partial charge in [-0.3, -0.25) is 9.59 Å². The van der Waals surface area contributed by atoms with Crippen molar-refractivity contribution in [2.75, 3.05) is 13.2 Å². The highest BCUT2D eigenvalue weighted by atomic mass is 16.5. The second-order valence-corrected chi connectivity index (χ2v) is 24.9. The molecule has 0 radical (unpaired) electrons. The van der Waals surface area contributed by atoms with E-state index in [0.29, 0.717) is 25.9 Å². The number of carbonyl (C=O) groups is 2. The normalized spacial score (nSPS) is 12.7. The molecule has 472 valence electrons. The van der Waals surface area contributed by atoms with Crippen LogP contribution in [-0.2, 0) is 14.3 Å². The van der Waals surface area contributed by atoms with Gasteiger partial charge in [-0.05, 0) is 77.0 Å². The quantitative estimate of drug-likeness (QED) is 0.0320. The molecule has 0 heterocycles. The van der Waals surface area contributed by atoms with E-state index >= 15 is 0 Å². The van der Waals surface area contributed by atoms with E-state index in [4.69, 9.17) is 4.74 Å².